The second-order valence-corrected chi connectivity index (χ2v) is 8.79. The van der Waals surface area contributed by atoms with Gasteiger partial charge in [0.15, 0.2) is 0 Å². The van der Waals surface area contributed by atoms with Crippen molar-refractivity contribution in [2.24, 2.45) is 0 Å². The third-order valence-corrected chi connectivity index (χ3v) is 6.86. The predicted molar refractivity (Wildman–Crippen MR) is 124 cm³/mol. The highest BCUT2D eigenvalue weighted by atomic mass is 19.1. The minimum absolute atomic E-state index is 0.0238. The number of piperazine rings is 1. The van der Waals surface area contributed by atoms with Gasteiger partial charge in [-0.05, 0) is 46.5 Å². The normalized spacial score (nSPS) is 22.6. The average molecular weight is 447 g/mol. The molecule has 0 radical (unpaired) electrons. The molecule has 33 heavy (non-hydrogen) atoms. The Hall–Kier alpha value is -3.22. The van der Waals surface area contributed by atoms with Crippen LogP contribution < -0.4 is 4.74 Å². The molecule has 1 amide bonds. The fourth-order valence-corrected chi connectivity index (χ4v) is 5.22. The minimum atomic E-state index is -0.262. The van der Waals surface area contributed by atoms with Crippen LogP contribution in [0.1, 0.15) is 17.0 Å². The Morgan fingerprint density at radius 2 is 1.61 bits per heavy atom. The molecule has 2 aliphatic heterocycles. The largest absolute Gasteiger partial charge is 0.497 e. The van der Waals surface area contributed by atoms with E-state index in [1.165, 1.54) is 12.1 Å². The lowest BCUT2D eigenvalue weighted by Crippen LogP contribution is -2.72. The maximum atomic E-state index is 13.2. The molecule has 3 aromatic rings. The number of aliphatic hydroxyl groups is 1. The van der Waals surface area contributed by atoms with Crippen LogP contribution in [0.4, 0.5) is 4.39 Å². The Kier molecular flexibility index (Phi) is 5.87. The summed E-state index contributed by atoms with van der Waals surface area (Å²) in [6, 6.07) is 22.6. The van der Waals surface area contributed by atoms with E-state index in [4.69, 9.17) is 4.74 Å². The molecule has 0 bridgehead atoms. The van der Waals surface area contributed by atoms with Crippen LogP contribution in [0.25, 0.3) is 11.1 Å². The Labute approximate surface area is 193 Å². The molecule has 2 saturated heterocycles. The van der Waals surface area contributed by atoms with Crippen LogP contribution in [0.3, 0.4) is 0 Å². The van der Waals surface area contributed by atoms with Crippen LogP contribution in [-0.4, -0.2) is 59.7 Å². The molecule has 0 aromatic heterocycles. The zero-order valence-electron chi connectivity index (χ0n) is 18.5. The number of ether oxygens (including phenoxy) is 1. The highest BCUT2D eigenvalue weighted by Gasteiger charge is 2.53. The van der Waals surface area contributed by atoms with Crippen molar-refractivity contribution in [3.8, 4) is 16.9 Å². The van der Waals surface area contributed by atoms with E-state index in [0.29, 0.717) is 13.1 Å². The zero-order valence-corrected chi connectivity index (χ0v) is 18.5. The maximum Gasteiger partial charge on any atom is 0.237 e. The number of hydrogen-bond acceptors (Lipinski definition) is 4. The number of carbonyl (C=O) groups excluding carboxylic acids is 1. The summed E-state index contributed by atoms with van der Waals surface area (Å²) >= 11 is 0. The lowest BCUT2D eigenvalue weighted by atomic mass is 9.73. The summed E-state index contributed by atoms with van der Waals surface area (Å²) in [5.41, 5.74) is 4.32. The van der Waals surface area contributed by atoms with E-state index in [-0.39, 0.29) is 36.3 Å². The molecule has 0 aliphatic carbocycles. The van der Waals surface area contributed by atoms with Crippen LogP contribution in [0.2, 0.25) is 0 Å². The van der Waals surface area contributed by atoms with Gasteiger partial charge in [-0.25, -0.2) is 4.39 Å². The van der Waals surface area contributed by atoms with Gasteiger partial charge in [-0.2, -0.15) is 0 Å². The van der Waals surface area contributed by atoms with Crippen LogP contribution in [0.15, 0.2) is 72.8 Å². The average Bonchev–Trinajstić information content (AvgIpc) is 2.83. The lowest BCUT2D eigenvalue weighted by molar-refractivity contribution is -0.162. The molecule has 0 spiro atoms. The SMILES string of the molecule is COc1ccc(-c2ccc([C@@H]3[C@@H](CO)N4C(=O)CN(Cc5ccc(F)cc5)C[C@H]34)cc2)cc1. The molecule has 6 heteroatoms. The maximum absolute atomic E-state index is 13.2. The second kappa shape index (κ2) is 8.96. The molecule has 1 N–H and O–H groups in total. The second-order valence-electron chi connectivity index (χ2n) is 8.79. The number of nitrogens with zero attached hydrogens (tertiary/aromatic N) is 2. The molecular formula is C27H27FN2O3. The summed E-state index contributed by atoms with van der Waals surface area (Å²) in [5, 5.41) is 10.0. The van der Waals surface area contributed by atoms with Crippen LogP contribution in [-0.2, 0) is 11.3 Å². The molecular weight excluding hydrogens is 419 g/mol. The summed E-state index contributed by atoms with van der Waals surface area (Å²) in [4.78, 5) is 16.8. The van der Waals surface area contributed by atoms with Gasteiger partial charge in [-0.3, -0.25) is 9.69 Å². The Morgan fingerprint density at radius 1 is 0.970 bits per heavy atom. The lowest BCUT2D eigenvalue weighted by Gasteiger charge is -2.59. The third kappa shape index (κ3) is 4.12. The summed E-state index contributed by atoms with van der Waals surface area (Å²) < 4.78 is 18.5. The van der Waals surface area contributed by atoms with Crippen molar-refractivity contribution in [2.75, 3.05) is 26.8 Å². The van der Waals surface area contributed by atoms with E-state index in [2.05, 4.69) is 29.2 Å². The van der Waals surface area contributed by atoms with Gasteiger partial charge >= 0.3 is 0 Å². The zero-order chi connectivity index (χ0) is 22.9. The van der Waals surface area contributed by atoms with Crippen molar-refractivity contribution in [3.63, 3.8) is 0 Å². The van der Waals surface area contributed by atoms with Crippen LogP contribution in [0, 0.1) is 5.82 Å². The first kappa shape index (κ1) is 21.6. The van der Waals surface area contributed by atoms with Gasteiger partial charge in [0.2, 0.25) is 5.91 Å². The van der Waals surface area contributed by atoms with Crippen molar-refractivity contribution in [3.05, 3.63) is 89.7 Å². The smallest absolute Gasteiger partial charge is 0.237 e. The standard InChI is InChI=1S/C27H27FN2O3/c1-33-23-12-8-20(9-13-23)19-4-6-21(7-5-19)27-24-15-29(14-18-2-10-22(28)11-3-18)16-26(32)30(24)25(27)17-31/h2-13,24-25,27,31H,14-17H2,1H3/t24-,25-,27+/m1/s1. The molecule has 2 fully saturated rings. The van der Waals surface area contributed by atoms with Gasteiger partial charge in [0, 0.05) is 19.0 Å². The third-order valence-electron chi connectivity index (χ3n) is 6.86. The van der Waals surface area contributed by atoms with Crippen molar-refractivity contribution >= 4 is 5.91 Å². The van der Waals surface area contributed by atoms with Crippen molar-refractivity contribution < 1.29 is 19.0 Å². The van der Waals surface area contributed by atoms with E-state index >= 15 is 0 Å². The van der Waals surface area contributed by atoms with Gasteiger partial charge in [0.1, 0.15) is 11.6 Å². The first-order valence-electron chi connectivity index (χ1n) is 11.2. The molecule has 5 nitrogen and oxygen atoms in total. The fourth-order valence-electron chi connectivity index (χ4n) is 5.22. The Morgan fingerprint density at radius 3 is 2.21 bits per heavy atom. The van der Waals surface area contributed by atoms with E-state index in [1.807, 2.05) is 29.2 Å². The number of aliphatic hydroxyl groups excluding tert-OH is 1. The first-order chi connectivity index (χ1) is 16.1. The van der Waals surface area contributed by atoms with E-state index in [1.54, 1.807) is 19.2 Å². The number of benzene rings is 3. The number of fused-ring (bicyclic) bond motifs is 1. The molecule has 3 atom stereocenters. The van der Waals surface area contributed by atoms with Gasteiger partial charge < -0.3 is 14.7 Å². The molecule has 170 valence electrons. The van der Waals surface area contributed by atoms with Crippen LogP contribution in [0.5, 0.6) is 5.75 Å². The van der Waals surface area contributed by atoms with Gasteiger partial charge in [0.25, 0.3) is 0 Å². The topological polar surface area (TPSA) is 53.0 Å². The summed E-state index contributed by atoms with van der Waals surface area (Å²) in [6.45, 7) is 1.59. The minimum Gasteiger partial charge on any atom is -0.497 e. The van der Waals surface area contributed by atoms with Crippen molar-refractivity contribution in [2.45, 2.75) is 24.5 Å². The number of rotatable bonds is 6. The highest BCUT2D eigenvalue weighted by molar-refractivity contribution is 5.81. The van der Waals surface area contributed by atoms with Gasteiger partial charge in [0.05, 0.1) is 32.3 Å². The molecule has 5 rings (SSSR count). The van der Waals surface area contributed by atoms with E-state index in [9.17, 15) is 14.3 Å². The number of halogens is 1. The monoisotopic (exact) mass is 446 g/mol. The number of amides is 1. The van der Waals surface area contributed by atoms with Crippen LogP contribution >= 0.6 is 0 Å². The molecule has 0 unspecified atom stereocenters. The molecule has 0 saturated carbocycles. The summed E-state index contributed by atoms with van der Waals surface area (Å²) in [6.07, 6.45) is 0. The molecule has 2 heterocycles. The quantitative estimate of drug-likeness (QED) is 0.628. The molecule has 3 aromatic carbocycles. The van der Waals surface area contributed by atoms with Crippen molar-refractivity contribution in [1.29, 1.82) is 0 Å². The van der Waals surface area contributed by atoms with Gasteiger partial charge in [-0.1, -0.05) is 48.5 Å². The number of carbonyl (C=O) groups is 1. The Balaban J connectivity index is 1.33. The van der Waals surface area contributed by atoms with Gasteiger partial charge in [-0.15, -0.1) is 0 Å². The number of methoxy groups -OCH3 is 1. The first-order valence-corrected chi connectivity index (χ1v) is 11.2. The number of hydrogen-bond donors (Lipinski definition) is 1. The fraction of sp³-hybridized carbons (Fsp3) is 0.296. The summed E-state index contributed by atoms with van der Waals surface area (Å²) in [5.74, 6) is 0.684. The van der Waals surface area contributed by atoms with E-state index < -0.39 is 0 Å². The predicted octanol–water partition coefficient (Wildman–Crippen LogP) is 3.67. The van der Waals surface area contributed by atoms with E-state index in [0.717, 1.165) is 34.5 Å². The van der Waals surface area contributed by atoms with Crippen molar-refractivity contribution in [1.82, 2.24) is 9.80 Å². The molecule has 2 aliphatic rings. The summed E-state index contributed by atoms with van der Waals surface area (Å²) in [7, 11) is 1.65. The highest BCUT2D eigenvalue weighted by Crippen LogP contribution is 2.43. The Bertz CT molecular complexity index is 1120.